The van der Waals surface area contributed by atoms with Gasteiger partial charge in [-0.2, -0.15) is 4.31 Å². The summed E-state index contributed by atoms with van der Waals surface area (Å²) in [5.74, 6) is 0.422. The van der Waals surface area contributed by atoms with Crippen molar-refractivity contribution in [2.75, 3.05) is 7.11 Å². The summed E-state index contributed by atoms with van der Waals surface area (Å²) >= 11 is 0. The van der Waals surface area contributed by atoms with Crippen LogP contribution in [0.15, 0.2) is 77.7 Å². The Morgan fingerprint density at radius 1 is 1.00 bits per heavy atom. The zero-order chi connectivity index (χ0) is 22.7. The first-order valence-electron chi connectivity index (χ1n) is 10.4. The van der Waals surface area contributed by atoms with Gasteiger partial charge in [-0.05, 0) is 54.3 Å². The van der Waals surface area contributed by atoms with Crippen LogP contribution in [0.2, 0.25) is 0 Å². The number of carbonyl (C=O) groups excluding carboxylic acids is 1. The van der Waals surface area contributed by atoms with Crippen molar-refractivity contribution < 1.29 is 17.9 Å². The molecule has 0 saturated carbocycles. The zero-order valence-corrected chi connectivity index (χ0v) is 18.9. The lowest BCUT2D eigenvalue weighted by Gasteiger charge is -2.35. The average molecular weight is 451 g/mol. The smallest absolute Gasteiger partial charge is 0.244 e. The predicted molar refractivity (Wildman–Crippen MR) is 123 cm³/mol. The normalized spacial score (nSPS) is 16.2. The van der Waals surface area contributed by atoms with Gasteiger partial charge in [-0.1, -0.05) is 54.1 Å². The maximum absolute atomic E-state index is 13.5. The Labute approximate surface area is 188 Å². The second-order valence-corrected chi connectivity index (χ2v) is 9.81. The summed E-state index contributed by atoms with van der Waals surface area (Å²) in [6, 6.07) is 21.0. The number of ether oxygens (including phenoxy) is 1. The van der Waals surface area contributed by atoms with Crippen LogP contribution in [0, 0.1) is 6.92 Å². The summed E-state index contributed by atoms with van der Waals surface area (Å²) in [6.45, 7) is 2.37. The molecular weight excluding hydrogens is 424 g/mol. The van der Waals surface area contributed by atoms with Crippen LogP contribution in [-0.4, -0.2) is 31.8 Å². The first-order valence-corrected chi connectivity index (χ1v) is 11.9. The minimum absolute atomic E-state index is 0.160. The molecule has 32 heavy (non-hydrogen) atoms. The number of carbonyl (C=O) groups is 1. The van der Waals surface area contributed by atoms with E-state index >= 15 is 0 Å². The fourth-order valence-electron chi connectivity index (χ4n) is 3.87. The van der Waals surface area contributed by atoms with E-state index in [0.29, 0.717) is 13.0 Å². The van der Waals surface area contributed by atoms with E-state index in [1.807, 2.05) is 55.5 Å². The van der Waals surface area contributed by atoms with Crippen LogP contribution in [-0.2, 0) is 34.3 Å². The summed E-state index contributed by atoms with van der Waals surface area (Å²) in [5.41, 5.74) is 3.79. The lowest BCUT2D eigenvalue weighted by atomic mass is 9.95. The predicted octanol–water partition coefficient (Wildman–Crippen LogP) is 3.44. The highest BCUT2D eigenvalue weighted by Crippen LogP contribution is 2.29. The first-order chi connectivity index (χ1) is 15.4. The van der Waals surface area contributed by atoms with Gasteiger partial charge in [0, 0.05) is 13.1 Å². The number of hydrogen-bond donors (Lipinski definition) is 1. The molecule has 0 fully saturated rings. The van der Waals surface area contributed by atoms with Crippen LogP contribution in [0.5, 0.6) is 5.75 Å². The van der Waals surface area contributed by atoms with Gasteiger partial charge in [0.25, 0.3) is 0 Å². The van der Waals surface area contributed by atoms with Crippen LogP contribution in [0.3, 0.4) is 0 Å². The fourth-order valence-corrected chi connectivity index (χ4v) is 5.44. The van der Waals surface area contributed by atoms with Crippen LogP contribution >= 0.6 is 0 Å². The number of hydrogen-bond acceptors (Lipinski definition) is 4. The molecule has 3 aromatic carbocycles. The van der Waals surface area contributed by atoms with E-state index in [9.17, 15) is 13.2 Å². The minimum Gasteiger partial charge on any atom is -0.497 e. The Bertz CT molecular complexity index is 1210. The molecule has 0 spiro atoms. The lowest BCUT2D eigenvalue weighted by Crippen LogP contribution is -2.52. The maximum atomic E-state index is 13.5. The zero-order valence-electron chi connectivity index (χ0n) is 18.1. The molecule has 1 amide bonds. The van der Waals surface area contributed by atoms with Crippen LogP contribution in [0.1, 0.15) is 22.3 Å². The van der Waals surface area contributed by atoms with Crippen molar-refractivity contribution in [2.45, 2.75) is 37.4 Å². The monoisotopic (exact) mass is 450 g/mol. The van der Waals surface area contributed by atoms with E-state index in [4.69, 9.17) is 4.74 Å². The van der Waals surface area contributed by atoms with Crippen molar-refractivity contribution in [2.24, 2.45) is 0 Å². The van der Waals surface area contributed by atoms with Gasteiger partial charge in [0.15, 0.2) is 0 Å². The summed E-state index contributed by atoms with van der Waals surface area (Å²) in [5, 5.41) is 2.91. The second-order valence-electron chi connectivity index (χ2n) is 7.92. The number of nitrogens with zero attached hydrogens (tertiary/aromatic N) is 1. The first kappa shape index (κ1) is 22.0. The Hall–Kier alpha value is -3.16. The van der Waals surface area contributed by atoms with E-state index in [-0.39, 0.29) is 17.3 Å². The maximum Gasteiger partial charge on any atom is 0.244 e. The number of aryl methyl sites for hydroxylation is 1. The number of rotatable bonds is 6. The molecule has 4 rings (SSSR count). The second kappa shape index (κ2) is 9.14. The number of nitrogens with one attached hydrogen (secondary N) is 1. The van der Waals surface area contributed by atoms with Gasteiger partial charge in [-0.15, -0.1) is 0 Å². The SMILES string of the molecule is COc1ccc(CNC(=O)[C@H]2Cc3ccccc3CN2S(=O)(=O)c2ccc(C)cc2)cc1. The van der Waals surface area contributed by atoms with Gasteiger partial charge >= 0.3 is 0 Å². The standard InChI is InChI=1S/C25H26N2O4S/c1-18-7-13-23(14-8-18)32(29,30)27-17-21-6-4-3-5-20(21)15-24(27)25(28)26-16-19-9-11-22(31-2)12-10-19/h3-14,24H,15-17H2,1-2H3,(H,26,28)/t24-/m1/s1. The van der Waals surface area contributed by atoms with Crippen molar-refractivity contribution in [3.63, 3.8) is 0 Å². The summed E-state index contributed by atoms with van der Waals surface area (Å²) in [7, 11) is -2.25. The number of methoxy groups -OCH3 is 1. The molecule has 7 heteroatoms. The number of sulfonamides is 1. The fraction of sp³-hybridized carbons (Fsp3) is 0.240. The van der Waals surface area contributed by atoms with E-state index in [1.165, 1.54) is 4.31 Å². The molecule has 0 radical (unpaired) electrons. The molecule has 1 atom stereocenters. The molecule has 0 unspecified atom stereocenters. The highest BCUT2D eigenvalue weighted by Gasteiger charge is 2.39. The van der Waals surface area contributed by atoms with Gasteiger partial charge in [-0.3, -0.25) is 4.79 Å². The third kappa shape index (κ3) is 4.54. The van der Waals surface area contributed by atoms with Crippen molar-refractivity contribution in [3.05, 3.63) is 95.1 Å². The summed E-state index contributed by atoms with van der Waals surface area (Å²) in [4.78, 5) is 13.4. The van der Waals surface area contributed by atoms with E-state index < -0.39 is 16.1 Å². The molecule has 1 N–H and O–H groups in total. The Balaban J connectivity index is 1.60. The van der Waals surface area contributed by atoms with Crippen molar-refractivity contribution >= 4 is 15.9 Å². The minimum atomic E-state index is -3.85. The molecule has 0 bridgehead atoms. The van der Waals surface area contributed by atoms with E-state index in [2.05, 4.69) is 5.32 Å². The summed E-state index contributed by atoms with van der Waals surface area (Å²) in [6.07, 6.45) is 0.329. The third-order valence-corrected chi connectivity index (χ3v) is 7.63. The Morgan fingerprint density at radius 2 is 1.66 bits per heavy atom. The molecule has 1 heterocycles. The van der Waals surface area contributed by atoms with Crippen LogP contribution < -0.4 is 10.1 Å². The molecule has 0 aliphatic carbocycles. The highest BCUT2D eigenvalue weighted by molar-refractivity contribution is 7.89. The van der Waals surface area contributed by atoms with E-state index in [1.54, 1.807) is 31.4 Å². The van der Waals surface area contributed by atoms with Gasteiger partial charge in [0.1, 0.15) is 11.8 Å². The third-order valence-electron chi connectivity index (χ3n) is 5.76. The number of benzene rings is 3. The molecule has 0 aromatic heterocycles. The molecule has 3 aromatic rings. The largest absolute Gasteiger partial charge is 0.497 e. The molecule has 6 nitrogen and oxygen atoms in total. The van der Waals surface area contributed by atoms with Crippen molar-refractivity contribution in [3.8, 4) is 5.75 Å². The Kier molecular flexibility index (Phi) is 6.30. The van der Waals surface area contributed by atoms with Crippen LogP contribution in [0.4, 0.5) is 0 Å². The van der Waals surface area contributed by atoms with Gasteiger partial charge in [-0.25, -0.2) is 8.42 Å². The van der Waals surface area contributed by atoms with E-state index in [0.717, 1.165) is 28.0 Å². The van der Waals surface area contributed by atoms with Gasteiger partial charge in [0.05, 0.1) is 12.0 Å². The lowest BCUT2D eigenvalue weighted by molar-refractivity contribution is -0.125. The molecule has 1 aliphatic heterocycles. The molecular formula is C25H26N2O4S. The molecule has 0 saturated heterocycles. The number of fused-ring (bicyclic) bond motifs is 1. The van der Waals surface area contributed by atoms with Gasteiger partial charge < -0.3 is 10.1 Å². The molecule has 166 valence electrons. The van der Waals surface area contributed by atoms with Crippen LogP contribution in [0.25, 0.3) is 0 Å². The number of amides is 1. The topological polar surface area (TPSA) is 75.7 Å². The Morgan fingerprint density at radius 3 is 2.31 bits per heavy atom. The quantitative estimate of drug-likeness (QED) is 0.624. The van der Waals surface area contributed by atoms with Crippen molar-refractivity contribution in [1.29, 1.82) is 0 Å². The average Bonchev–Trinajstić information content (AvgIpc) is 2.82. The van der Waals surface area contributed by atoms with Gasteiger partial charge in [0.2, 0.25) is 15.9 Å². The summed E-state index contributed by atoms with van der Waals surface area (Å²) < 4.78 is 33.5. The molecule has 1 aliphatic rings. The highest BCUT2D eigenvalue weighted by atomic mass is 32.2. The van der Waals surface area contributed by atoms with Crippen molar-refractivity contribution in [1.82, 2.24) is 9.62 Å².